The molecular weight excluding hydrogens is 328 g/mol. The monoisotopic (exact) mass is 364 g/mol. The molecule has 0 aromatic heterocycles. The van der Waals surface area contributed by atoms with Gasteiger partial charge in [0.05, 0.1) is 17.3 Å². The van der Waals surface area contributed by atoms with E-state index in [1.807, 2.05) is 0 Å². The summed E-state index contributed by atoms with van der Waals surface area (Å²) < 4.78 is 6.20. The van der Waals surface area contributed by atoms with Crippen molar-refractivity contribution in [3.05, 3.63) is 0 Å². The molecule has 1 saturated heterocycles. The summed E-state index contributed by atoms with van der Waals surface area (Å²) in [5.41, 5.74) is -0.677. The molecule has 5 aliphatic rings. The first kappa shape index (κ1) is 17.9. The molecule has 4 saturated carbocycles. The van der Waals surface area contributed by atoms with Gasteiger partial charge < -0.3 is 20.1 Å². The van der Waals surface area contributed by atoms with Crippen molar-refractivity contribution < 1.29 is 20.1 Å². The van der Waals surface area contributed by atoms with Crippen LogP contribution in [0.5, 0.6) is 0 Å². The maximum absolute atomic E-state index is 11.5. The molecule has 1 aliphatic heterocycles. The molecule has 0 aromatic rings. The van der Waals surface area contributed by atoms with E-state index in [1.165, 1.54) is 6.42 Å². The standard InChI is InChI=1S/C22H36O4/c1-19-8-3-14(23)13-21(19,25)10-4-15-16(19)5-9-20(2)17(15)6-11-22(20)12-7-18(24)26-22/h14-18,23-25H,3-13H2,1-2H3/t14?,15-,16+,17+,18?,19-,20+,21+,22+/m1/s1. The molecular formula is C22H36O4. The van der Waals surface area contributed by atoms with Crippen LogP contribution < -0.4 is 0 Å². The van der Waals surface area contributed by atoms with Crippen molar-refractivity contribution in [2.24, 2.45) is 28.6 Å². The molecule has 4 heteroatoms. The average Bonchev–Trinajstić information content (AvgIpc) is 3.10. The van der Waals surface area contributed by atoms with E-state index in [0.717, 1.165) is 57.8 Å². The van der Waals surface area contributed by atoms with Gasteiger partial charge in [-0.25, -0.2) is 0 Å². The van der Waals surface area contributed by atoms with Crippen molar-refractivity contribution >= 4 is 0 Å². The van der Waals surface area contributed by atoms with Crippen molar-refractivity contribution in [1.29, 1.82) is 0 Å². The van der Waals surface area contributed by atoms with Gasteiger partial charge in [0.1, 0.15) is 0 Å². The van der Waals surface area contributed by atoms with Crippen LogP contribution in [-0.4, -0.2) is 38.9 Å². The summed E-state index contributed by atoms with van der Waals surface area (Å²) in [4.78, 5) is 0. The van der Waals surface area contributed by atoms with E-state index in [2.05, 4.69) is 13.8 Å². The first-order valence-electron chi connectivity index (χ1n) is 11.0. The second-order valence-electron chi connectivity index (χ2n) is 10.9. The van der Waals surface area contributed by atoms with Gasteiger partial charge in [-0.3, -0.25) is 0 Å². The highest BCUT2D eigenvalue weighted by molar-refractivity contribution is 5.18. The molecule has 1 spiro atoms. The minimum atomic E-state index is -0.685. The summed E-state index contributed by atoms with van der Waals surface area (Å²) in [6, 6.07) is 0. The first-order valence-corrected chi connectivity index (χ1v) is 11.0. The molecule has 9 atom stereocenters. The van der Waals surface area contributed by atoms with Crippen molar-refractivity contribution in [2.45, 2.75) is 108 Å². The molecule has 0 radical (unpaired) electrons. The van der Waals surface area contributed by atoms with E-state index in [-0.39, 0.29) is 22.5 Å². The van der Waals surface area contributed by atoms with Crippen molar-refractivity contribution in [1.82, 2.24) is 0 Å². The Kier molecular flexibility index (Phi) is 3.76. The van der Waals surface area contributed by atoms with Gasteiger partial charge in [-0.2, -0.15) is 0 Å². The van der Waals surface area contributed by atoms with Crippen LogP contribution in [0, 0.1) is 28.6 Å². The van der Waals surface area contributed by atoms with Crippen molar-refractivity contribution in [2.75, 3.05) is 0 Å². The number of aliphatic hydroxyl groups excluding tert-OH is 2. The predicted octanol–water partition coefficient (Wildman–Crippen LogP) is 3.37. The summed E-state index contributed by atoms with van der Waals surface area (Å²) >= 11 is 0. The normalized spacial score (nSPS) is 62.0. The maximum Gasteiger partial charge on any atom is 0.155 e. The zero-order valence-corrected chi connectivity index (χ0v) is 16.4. The number of aliphatic hydroxyl groups is 3. The summed E-state index contributed by atoms with van der Waals surface area (Å²) in [5, 5.41) is 31.7. The summed E-state index contributed by atoms with van der Waals surface area (Å²) in [7, 11) is 0. The number of rotatable bonds is 0. The second kappa shape index (κ2) is 5.46. The summed E-state index contributed by atoms with van der Waals surface area (Å²) in [5.74, 6) is 1.88. The van der Waals surface area contributed by atoms with E-state index in [4.69, 9.17) is 4.74 Å². The topological polar surface area (TPSA) is 69.9 Å². The van der Waals surface area contributed by atoms with Gasteiger partial charge in [0.25, 0.3) is 0 Å². The fourth-order valence-electron chi connectivity index (χ4n) is 8.66. The number of fused-ring (bicyclic) bond motifs is 6. The van der Waals surface area contributed by atoms with Crippen LogP contribution in [0.3, 0.4) is 0 Å². The lowest BCUT2D eigenvalue weighted by atomic mass is 9.43. The Labute approximate surface area is 157 Å². The summed E-state index contributed by atoms with van der Waals surface area (Å²) in [6.07, 6.45) is 9.78. The Hall–Kier alpha value is -0.160. The lowest BCUT2D eigenvalue weighted by Crippen LogP contribution is -2.63. The SMILES string of the molecule is C[C@]12CC[C@H]3[C@@H](CC[C@]4(O)CC(O)CC[C@]34C)[C@@H]1CC[C@]21CCC(O)O1. The third-order valence-electron chi connectivity index (χ3n) is 10.2. The minimum absolute atomic E-state index is 0.0533. The zero-order chi connectivity index (χ0) is 18.4. The molecule has 4 nitrogen and oxygen atoms in total. The van der Waals surface area contributed by atoms with E-state index < -0.39 is 11.9 Å². The van der Waals surface area contributed by atoms with E-state index in [9.17, 15) is 15.3 Å². The van der Waals surface area contributed by atoms with Crippen LogP contribution in [0.15, 0.2) is 0 Å². The fraction of sp³-hybridized carbons (Fsp3) is 1.00. The Bertz CT molecular complexity index is 595. The Balaban J connectivity index is 1.46. The third kappa shape index (κ3) is 2.05. The van der Waals surface area contributed by atoms with Crippen LogP contribution in [0.25, 0.3) is 0 Å². The highest BCUT2D eigenvalue weighted by atomic mass is 16.6. The van der Waals surface area contributed by atoms with Crippen LogP contribution in [0.4, 0.5) is 0 Å². The quantitative estimate of drug-likeness (QED) is 0.616. The molecule has 0 bridgehead atoms. The number of ether oxygens (including phenoxy) is 1. The average molecular weight is 365 g/mol. The minimum Gasteiger partial charge on any atom is -0.393 e. The Morgan fingerprint density at radius 3 is 2.15 bits per heavy atom. The molecule has 0 aromatic carbocycles. The lowest BCUT2D eigenvalue weighted by molar-refractivity contribution is -0.236. The Morgan fingerprint density at radius 2 is 1.42 bits per heavy atom. The number of hydrogen-bond acceptors (Lipinski definition) is 4. The highest BCUT2D eigenvalue weighted by Crippen LogP contribution is 2.71. The lowest BCUT2D eigenvalue weighted by Gasteiger charge is -2.64. The first-order chi connectivity index (χ1) is 12.2. The van der Waals surface area contributed by atoms with Crippen LogP contribution >= 0.6 is 0 Å². The van der Waals surface area contributed by atoms with Gasteiger partial charge in [-0.1, -0.05) is 13.8 Å². The highest BCUT2D eigenvalue weighted by Gasteiger charge is 2.68. The van der Waals surface area contributed by atoms with Gasteiger partial charge >= 0.3 is 0 Å². The molecule has 26 heavy (non-hydrogen) atoms. The van der Waals surface area contributed by atoms with Crippen LogP contribution in [0.1, 0.15) is 84.5 Å². The van der Waals surface area contributed by atoms with Gasteiger partial charge in [0.15, 0.2) is 6.29 Å². The van der Waals surface area contributed by atoms with Crippen molar-refractivity contribution in [3.63, 3.8) is 0 Å². The Morgan fingerprint density at radius 1 is 0.769 bits per heavy atom. The van der Waals surface area contributed by atoms with Crippen LogP contribution in [-0.2, 0) is 4.74 Å². The van der Waals surface area contributed by atoms with Gasteiger partial charge in [0, 0.05) is 12.8 Å². The third-order valence-corrected chi connectivity index (χ3v) is 10.2. The van der Waals surface area contributed by atoms with Gasteiger partial charge in [-0.15, -0.1) is 0 Å². The fourth-order valence-corrected chi connectivity index (χ4v) is 8.66. The largest absolute Gasteiger partial charge is 0.393 e. The summed E-state index contributed by atoms with van der Waals surface area (Å²) in [6.45, 7) is 4.76. The van der Waals surface area contributed by atoms with Crippen LogP contribution in [0.2, 0.25) is 0 Å². The molecule has 148 valence electrons. The smallest absolute Gasteiger partial charge is 0.155 e. The molecule has 3 N–H and O–H groups in total. The second-order valence-corrected chi connectivity index (χ2v) is 10.9. The molecule has 5 fully saturated rings. The molecule has 1 heterocycles. The molecule has 4 aliphatic carbocycles. The van der Waals surface area contributed by atoms with Gasteiger partial charge in [-0.05, 0) is 86.4 Å². The van der Waals surface area contributed by atoms with Crippen molar-refractivity contribution in [3.8, 4) is 0 Å². The predicted molar refractivity (Wildman–Crippen MR) is 98.3 cm³/mol. The van der Waals surface area contributed by atoms with Gasteiger partial charge in [0.2, 0.25) is 0 Å². The van der Waals surface area contributed by atoms with E-state index in [0.29, 0.717) is 24.2 Å². The molecule has 5 rings (SSSR count). The van der Waals surface area contributed by atoms with E-state index in [1.54, 1.807) is 0 Å². The molecule has 2 unspecified atom stereocenters. The maximum atomic E-state index is 11.5. The zero-order valence-electron chi connectivity index (χ0n) is 16.4. The van der Waals surface area contributed by atoms with E-state index >= 15 is 0 Å². The number of hydrogen-bond donors (Lipinski definition) is 3. The molecule has 0 amide bonds.